The van der Waals surface area contributed by atoms with E-state index in [1.807, 2.05) is 0 Å². The molecule has 0 aromatic rings. The molecule has 2 unspecified atom stereocenters. The second-order valence-corrected chi connectivity index (χ2v) is 4.10. The summed E-state index contributed by atoms with van der Waals surface area (Å²) in [5.74, 6) is 0.604. The third-order valence-electron chi connectivity index (χ3n) is 2.65. The molecule has 0 bridgehead atoms. The maximum atomic E-state index is 11.6. The molecular formula is C10H21N3O. The van der Waals surface area contributed by atoms with Crippen molar-refractivity contribution in [2.24, 2.45) is 11.7 Å². The van der Waals surface area contributed by atoms with E-state index >= 15 is 0 Å². The highest BCUT2D eigenvalue weighted by atomic mass is 16.2. The third-order valence-corrected chi connectivity index (χ3v) is 2.65. The Bertz CT molecular complexity index is 196. The van der Waals surface area contributed by atoms with Gasteiger partial charge in [-0.3, -0.25) is 9.69 Å². The zero-order valence-electron chi connectivity index (χ0n) is 9.12. The predicted molar refractivity (Wildman–Crippen MR) is 56.9 cm³/mol. The second-order valence-electron chi connectivity index (χ2n) is 4.10. The number of hydrogen-bond donors (Lipinski definition) is 2. The van der Waals surface area contributed by atoms with Crippen LogP contribution < -0.4 is 11.1 Å². The molecule has 1 heterocycles. The van der Waals surface area contributed by atoms with E-state index in [1.54, 1.807) is 0 Å². The average molecular weight is 199 g/mol. The Morgan fingerprint density at radius 3 is 2.93 bits per heavy atom. The standard InChI is InChI=1S/C10H21N3O/c1-3-4-13-7-8(2)6-12-10(14)9(13)5-11/h8-9H,3-7,11H2,1-2H3,(H,12,14). The lowest BCUT2D eigenvalue weighted by molar-refractivity contribution is -0.125. The summed E-state index contributed by atoms with van der Waals surface area (Å²) in [6.45, 7) is 7.39. The number of nitrogens with zero attached hydrogens (tertiary/aromatic N) is 1. The number of nitrogens with two attached hydrogens (primary N) is 1. The molecule has 0 spiro atoms. The van der Waals surface area contributed by atoms with Gasteiger partial charge in [-0.25, -0.2) is 0 Å². The molecule has 14 heavy (non-hydrogen) atoms. The van der Waals surface area contributed by atoms with Gasteiger partial charge < -0.3 is 11.1 Å². The van der Waals surface area contributed by atoms with Crippen molar-refractivity contribution in [2.75, 3.05) is 26.2 Å². The summed E-state index contributed by atoms with van der Waals surface area (Å²) in [5, 5.41) is 2.92. The van der Waals surface area contributed by atoms with Crippen LogP contribution in [-0.2, 0) is 4.79 Å². The number of carbonyl (C=O) groups is 1. The molecule has 1 rings (SSSR count). The first-order chi connectivity index (χ1) is 6.69. The Morgan fingerprint density at radius 1 is 1.64 bits per heavy atom. The summed E-state index contributed by atoms with van der Waals surface area (Å²) in [6.07, 6.45) is 1.07. The maximum absolute atomic E-state index is 11.6. The SMILES string of the molecule is CCCN1CC(C)CNC(=O)C1CN. The van der Waals surface area contributed by atoms with E-state index in [0.29, 0.717) is 12.5 Å². The fraction of sp³-hybridized carbons (Fsp3) is 0.900. The average Bonchev–Trinajstić information content (AvgIpc) is 2.27. The number of nitrogens with one attached hydrogen (secondary N) is 1. The van der Waals surface area contributed by atoms with Crippen LogP contribution in [0.15, 0.2) is 0 Å². The van der Waals surface area contributed by atoms with Gasteiger partial charge in [-0.15, -0.1) is 0 Å². The van der Waals surface area contributed by atoms with E-state index in [9.17, 15) is 4.79 Å². The molecule has 1 aliphatic heterocycles. The van der Waals surface area contributed by atoms with Gasteiger partial charge in [0.25, 0.3) is 0 Å². The molecule has 4 nitrogen and oxygen atoms in total. The molecule has 82 valence electrons. The highest BCUT2D eigenvalue weighted by molar-refractivity contribution is 5.82. The van der Waals surface area contributed by atoms with Gasteiger partial charge in [0.15, 0.2) is 0 Å². The lowest BCUT2D eigenvalue weighted by atomic mass is 10.1. The van der Waals surface area contributed by atoms with Gasteiger partial charge in [0.1, 0.15) is 6.04 Å². The van der Waals surface area contributed by atoms with Crippen LogP contribution in [0.3, 0.4) is 0 Å². The zero-order valence-corrected chi connectivity index (χ0v) is 9.12. The van der Waals surface area contributed by atoms with E-state index < -0.39 is 0 Å². The Balaban J connectivity index is 2.68. The van der Waals surface area contributed by atoms with Crippen molar-refractivity contribution in [1.82, 2.24) is 10.2 Å². The second kappa shape index (κ2) is 5.32. The fourth-order valence-corrected chi connectivity index (χ4v) is 1.94. The summed E-state index contributed by atoms with van der Waals surface area (Å²) in [4.78, 5) is 13.8. The van der Waals surface area contributed by atoms with Gasteiger partial charge in [-0.05, 0) is 18.9 Å². The molecule has 0 aliphatic carbocycles. The quantitative estimate of drug-likeness (QED) is 0.661. The van der Waals surface area contributed by atoms with Gasteiger partial charge in [0.2, 0.25) is 5.91 Å². The van der Waals surface area contributed by atoms with E-state index in [1.165, 1.54) is 0 Å². The fourth-order valence-electron chi connectivity index (χ4n) is 1.94. The van der Waals surface area contributed by atoms with Crippen LogP contribution in [0, 0.1) is 5.92 Å². The van der Waals surface area contributed by atoms with Gasteiger partial charge in [-0.1, -0.05) is 13.8 Å². The van der Waals surface area contributed by atoms with Gasteiger partial charge in [0, 0.05) is 19.6 Å². The van der Waals surface area contributed by atoms with Crippen LogP contribution in [0.4, 0.5) is 0 Å². The molecule has 1 aliphatic rings. The van der Waals surface area contributed by atoms with E-state index in [0.717, 1.165) is 26.1 Å². The molecule has 0 saturated carbocycles. The van der Waals surface area contributed by atoms with Crippen molar-refractivity contribution in [3.05, 3.63) is 0 Å². The molecule has 0 radical (unpaired) electrons. The highest BCUT2D eigenvalue weighted by Gasteiger charge is 2.28. The summed E-state index contributed by atoms with van der Waals surface area (Å²) in [6, 6.07) is -0.125. The van der Waals surface area contributed by atoms with E-state index in [2.05, 4.69) is 24.1 Å². The normalized spacial score (nSPS) is 29.8. The number of amides is 1. The predicted octanol–water partition coefficient (Wildman–Crippen LogP) is -0.208. The van der Waals surface area contributed by atoms with Crippen molar-refractivity contribution < 1.29 is 4.79 Å². The Labute approximate surface area is 85.8 Å². The summed E-state index contributed by atoms with van der Waals surface area (Å²) >= 11 is 0. The number of rotatable bonds is 3. The van der Waals surface area contributed by atoms with Crippen molar-refractivity contribution in [3.8, 4) is 0 Å². The molecule has 2 atom stereocenters. The molecular weight excluding hydrogens is 178 g/mol. The first-order valence-corrected chi connectivity index (χ1v) is 5.40. The van der Waals surface area contributed by atoms with E-state index in [4.69, 9.17) is 5.73 Å². The Morgan fingerprint density at radius 2 is 2.36 bits per heavy atom. The molecule has 4 heteroatoms. The maximum Gasteiger partial charge on any atom is 0.238 e. The number of hydrogen-bond acceptors (Lipinski definition) is 3. The molecule has 1 fully saturated rings. The molecule has 3 N–H and O–H groups in total. The Hall–Kier alpha value is -0.610. The minimum atomic E-state index is -0.125. The smallest absolute Gasteiger partial charge is 0.238 e. The highest BCUT2D eigenvalue weighted by Crippen LogP contribution is 2.09. The minimum absolute atomic E-state index is 0.0882. The van der Waals surface area contributed by atoms with Crippen molar-refractivity contribution in [3.63, 3.8) is 0 Å². The zero-order chi connectivity index (χ0) is 10.6. The third kappa shape index (κ3) is 2.69. The first kappa shape index (κ1) is 11.5. The number of carbonyl (C=O) groups excluding carboxylic acids is 1. The Kier molecular flexibility index (Phi) is 4.35. The van der Waals surface area contributed by atoms with Crippen LogP contribution in [-0.4, -0.2) is 43.0 Å². The molecule has 0 aromatic heterocycles. The largest absolute Gasteiger partial charge is 0.354 e. The lowest BCUT2D eigenvalue weighted by Gasteiger charge is -2.27. The summed E-state index contributed by atoms with van der Waals surface area (Å²) < 4.78 is 0. The monoisotopic (exact) mass is 199 g/mol. The van der Waals surface area contributed by atoms with Crippen LogP contribution >= 0.6 is 0 Å². The lowest BCUT2D eigenvalue weighted by Crippen LogP contribution is -2.49. The molecule has 0 aromatic carbocycles. The summed E-state index contributed by atoms with van der Waals surface area (Å²) in [5.41, 5.74) is 5.63. The first-order valence-electron chi connectivity index (χ1n) is 5.40. The van der Waals surface area contributed by atoms with Crippen molar-refractivity contribution >= 4 is 5.91 Å². The van der Waals surface area contributed by atoms with Gasteiger partial charge in [0.05, 0.1) is 0 Å². The van der Waals surface area contributed by atoms with Crippen LogP contribution in [0.2, 0.25) is 0 Å². The minimum Gasteiger partial charge on any atom is -0.354 e. The topological polar surface area (TPSA) is 58.4 Å². The van der Waals surface area contributed by atoms with Gasteiger partial charge in [-0.2, -0.15) is 0 Å². The van der Waals surface area contributed by atoms with Crippen molar-refractivity contribution in [2.45, 2.75) is 26.3 Å². The van der Waals surface area contributed by atoms with E-state index in [-0.39, 0.29) is 11.9 Å². The van der Waals surface area contributed by atoms with Crippen LogP contribution in [0.25, 0.3) is 0 Å². The molecule has 1 amide bonds. The molecule has 1 saturated heterocycles. The summed E-state index contributed by atoms with van der Waals surface area (Å²) in [7, 11) is 0. The van der Waals surface area contributed by atoms with Crippen molar-refractivity contribution in [1.29, 1.82) is 0 Å². The van der Waals surface area contributed by atoms with Gasteiger partial charge >= 0.3 is 0 Å². The van der Waals surface area contributed by atoms with Crippen LogP contribution in [0.1, 0.15) is 20.3 Å². The van der Waals surface area contributed by atoms with Crippen LogP contribution in [0.5, 0.6) is 0 Å².